The van der Waals surface area contributed by atoms with Crippen molar-refractivity contribution in [3.8, 4) is 5.75 Å². The predicted molar refractivity (Wildman–Crippen MR) is 72.3 cm³/mol. The number of benzene rings is 1. The second-order valence-corrected chi connectivity index (χ2v) is 6.33. The van der Waals surface area contributed by atoms with Gasteiger partial charge in [0.25, 0.3) is 0 Å². The van der Waals surface area contributed by atoms with Crippen LogP contribution in [0.25, 0.3) is 0 Å². The molecule has 0 saturated heterocycles. The molecule has 0 unspecified atom stereocenters. The molecule has 0 amide bonds. The zero-order valence-corrected chi connectivity index (χ0v) is 11.2. The summed E-state index contributed by atoms with van der Waals surface area (Å²) in [6.45, 7) is 0. The summed E-state index contributed by atoms with van der Waals surface area (Å²) in [7, 11) is 0.781. The molecule has 0 saturated carbocycles. The van der Waals surface area contributed by atoms with Gasteiger partial charge in [-0.25, -0.2) is 0 Å². The predicted octanol–water partition coefficient (Wildman–Crippen LogP) is 3.11. The Morgan fingerprint density at radius 1 is 1.24 bits per heavy atom. The average Bonchev–Trinajstić information content (AvgIpc) is 2.90. The maximum atomic E-state index is 11.9. The Bertz CT molecular complexity index is 475. The van der Waals surface area contributed by atoms with Crippen LogP contribution in [0.3, 0.4) is 0 Å². The lowest BCUT2D eigenvalue weighted by Gasteiger charge is -2.03. The quantitative estimate of drug-likeness (QED) is 0.831. The third kappa shape index (κ3) is 3.41. The van der Waals surface area contributed by atoms with Crippen LogP contribution in [0.1, 0.15) is 5.56 Å². The van der Waals surface area contributed by atoms with E-state index in [1.165, 1.54) is 5.56 Å². The Hall–Kier alpha value is -1.13. The molecule has 0 aliphatic carbocycles. The van der Waals surface area contributed by atoms with Gasteiger partial charge in [-0.15, -0.1) is 11.3 Å². The van der Waals surface area contributed by atoms with Crippen LogP contribution >= 0.6 is 11.3 Å². The van der Waals surface area contributed by atoms with Crippen LogP contribution in [-0.4, -0.2) is 17.1 Å². The topological polar surface area (TPSA) is 26.3 Å². The van der Waals surface area contributed by atoms with E-state index in [4.69, 9.17) is 4.74 Å². The van der Waals surface area contributed by atoms with E-state index in [1.807, 2.05) is 41.8 Å². The summed E-state index contributed by atoms with van der Waals surface area (Å²) < 4.78 is 18.0. The van der Waals surface area contributed by atoms with Gasteiger partial charge in [0.2, 0.25) is 0 Å². The molecule has 4 heteroatoms. The molecular weight excluding hydrogens is 252 g/mol. The largest absolute Gasteiger partial charge is 0.497 e. The maximum Gasteiger partial charge on any atom is 0.118 e. The van der Waals surface area contributed by atoms with Crippen LogP contribution in [0.5, 0.6) is 5.75 Å². The van der Waals surface area contributed by atoms with Gasteiger partial charge >= 0.3 is 0 Å². The van der Waals surface area contributed by atoms with Gasteiger partial charge in [-0.3, -0.25) is 4.21 Å². The van der Waals surface area contributed by atoms with Gasteiger partial charge in [-0.05, 0) is 35.6 Å². The Kier molecular flexibility index (Phi) is 4.34. The van der Waals surface area contributed by atoms with Gasteiger partial charge in [-0.2, -0.15) is 0 Å². The van der Waals surface area contributed by atoms with E-state index in [1.54, 1.807) is 18.4 Å². The standard InChI is InChI=1S/C13H14O2S2/c1-15-12-6-4-11(5-7-12)8-10-17(14)13-3-2-9-16-13/h2-7,9H,8,10H2,1H3/t17-/m1/s1. The Labute approximate surface area is 108 Å². The van der Waals surface area contributed by atoms with E-state index in [2.05, 4.69) is 0 Å². The van der Waals surface area contributed by atoms with Crippen molar-refractivity contribution in [2.75, 3.05) is 12.9 Å². The second kappa shape index (κ2) is 5.98. The molecule has 90 valence electrons. The van der Waals surface area contributed by atoms with Gasteiger partial charge in [0.15, 0.2) is 0 Å². The van der Waals surface area contributed by atoms with Crippen LogP contribution in [0.4, 0.5) is 0 Å². The lowest BCUT2D eigenvalue weighted by atomic mass is 10.2. The van der Waals surface area contributed by atoms with Gasteiger partial charge in [0.05, 0.1) is 22.1 Å². The lowest BCUT2D eigenvalue weighted by molar-refractivity contribution is 0.414. The van der Waals surface area contributed by atoms with Crippen molar-refractivity contribution in [2.24, 2.45) is 0 Å². The number of methoxy groups -OCH3 is 1. The van der Waals surface area contributed by atoms with Crippen molar-refractivity contribution in [1.82, 2.24) is 0 Å². The van der Waals surface area contributed by atoms with Crippen molar-refractivity contribution in [1.29, 1.82) is 0 Å². The number of thiophene rings is 1. The van der Waals surface area contributed by atoms with Crippen LogP contribution < -0.4 is 4.74 Å². The molecule has 2 nitrogen and oxygen atoms in total. The van der Waals surface area contributed by atoms with Crippen molar-refractivity contribution < 1.29 is 8.95 Å². The van der Waals surface area contributed by atoms with Crippen LogP contribution in [0.2, 0.25) is 0 Å². The second-order valence-electron chi connectivity index (χ2n) is 3.58. The molecule has 1 aromatic carbocycles. The highest BCUT2D eigenvalue weighted by Gasteiger charge is 2.05. The number of aryl methyl sites for hydroxylation is 1. The molecule has 0 fully saturated rings. The van der Waals surface area contributed by atoms with Crippen molar-refractivity contribution in [2.45, 2.75) is 10.6 Å². The van der Waals surface area contributed by atoms with Gasteiger partial charge in [-0.1, -0.05) is 18.2 Å². The van der Waals surface area contributed by atoms with Crippen LogP contribution in [0, 0.1) is 0 Å². The first kappa shape index (κ1) is 12.3. The highest BCUT2D eigenvalue weighted by Crippen LogP contribution is 2.16. The van der Waals surface area contributed by atoms with Gasteiger partial charge in [0, 0.05) is 5.75 Å². The molecule has 0 aliphatic rings. The molecule has 0 radical (unpaired) electrons. The fraction of sp³-hybridized carbons (Fsp3) is 0.231. The first-order chi connectivity index (χ1) is 8.29. The van der Waals surface area contributed by atoms with Crippen LogP contribution in [0.15, 0.2) is 46.0 Å². The first-order valence-corrected chi connectivity index (χ1v) is 7.54. The zero-order valence-electron chi connectivity index (χ0n) is 9.59. The van der Waals surface area contributed by atoms with Gasteiger partial charge < -0.3 is 4.74 Å². The monoisotopic (exact) mass is 266 g/mol. The molecule has 1 atom stereocenters. The summed E-state index contributed by atoms with van der Waals surface area (Å²) in [6, 6.07) is 11.8. The van der Waals surface area contributed by atoms with Crippen molar-refractivity contribution in [3.05, 3.63) is 47.3 Å². The average molecular weight is 266 g/mol. The van der Waals surface area contributed by atoms with E-state index in [9.17, 15) is 4.21 Å². The molecule has 1 aromatic heterocycles. The molecule has 17 heavy (non-hydrogen) atoms. The van der Waals surface area contributed by atoms with E-state index >= 15 is 0 Å². The summed E-state index contributed by atoms with van der Waals surface area (Å²) in [5, 5.41) is 1.96. The summed E-state index contributed by atoms with van der Waals surface area (Å²) in [4.78, 5) is 0. The molecule has 1 heterocycles. The summed E-state index contributed by atoms with van der Waals surface area (Å²) >= 11 is 1.55. The zero-order chi connectivity index (χ0) is 12.1. The van der Waals surface area contributed by atoms with Crippen molar-refractivity contribution in [3.63, 3.8) is 0 Å². The summed E-state index contributed by atoms with van der Waals surface area (Å²) in [5.74, 6) is 1.53. The normalized spacial score (nSPS) is 12.3. The molecule has 2 rings (SSSR count). The number of rotatable bonds is 5. The molecule has 2 aromatic rings. The minimum atomic E-state index is -0.873. The Balaban J connectivity index is 1.91. The maximum absolute atomic E-state index is 11.9. The smallest absolute Gasteiger partial charge is 0.118 e. The lowest BCUT2D eigenvalue weighted by Crippen LogP contribution is -2.00. The molecule has 0 aliphatic heterocycles. The number of ether oxygens (including phenoxy) is 1. The number of hydrogen-bond acceptors (Lipinski definition) is 3. The first-order valence-electron chi connectivity index (χ1n) is 5.34. The fourth-order valence-corrected chi connectivity index (χ4v) is 3.64. The molecule has 0 spiro atoms. The third-order valence-corrected chi connectivity index (χ3v) is 5.12. The SMILES string of the molecule is COc1ccc(CC[S@@](=O)c2cccs2)cc1. The summed E-state index contributed by atoms with van der Waals surface area (Å²) in [6.07, 6.45) is 0.828. The number of hydrogen-bond donors (Lipinski definition) is 0. The highest BCUT2D eigenvalue weighted by atomic mass is 32.2. The third-order valence-electron chi connectivity index (χ3n) is 2.45. The van der Waals surface area contributed by atoms with Gasteiger partial charge in [0.1, 0.15) is 5.75 Å². The van der Waals surface area contributed by atoms with E-state index in [0.29, 0.717) is 5.75 Å². The highest BCUT2D eigenvalue weighted by molar-refractivity contribution is 7.87. The minimum absolute atomic E-state index is 0.673. The minimum Gasteiger partial charge on any atom is -0.497 e. The molecule has 0 bridgehead atoms. The summed E-state index contributed by atoms with van der Waals surface area (Å²) in [5.41, 5.74) is 1.19. The Morgan fingerprint density at radius 3 is 2.59 bits per heavy atom. The van der Waals surface area contributed by atoms with Crippen molar-refractivity contribution >= 4 is 22.1 Å². The Morgan fingerprint density at radius 2 is 2.00 bits per heavy atom. The van der Waals surface area contributed by atoms with E-state index in [-0.39, 0.29) is 0 Å². The van der Waals surface area contributed by atoms with E-state index in [0.717, 1.165) is 16.4 Å². The fourth-order valence-electron chi connectivity index (χ4n) is 1.50. The van der Waals surface area contributed by atoms with Crippen LogP contribution in [-0.2, 0) is 17.2 Å². The molecular formula is C13H14O2S2. The molecule has 0 N–H and O–H groups in total. The van der Waals surface area contributed by atoms with E-state index < -0.39 is 10.8 Å².